The molecule has 2 N–H and O–H groups in total. The van der Waals surface area contributed by atoms with E-state index in [1.807, 2.05) is 4.57 Å². The van der Waals surface area contributed by atoms with Crippen LogP contribution in [-0.4, -0.2) is 19.7 Å². The predicted molar refractivity (Wildman–Crippen MR) is 68.3 cm³/mol. The Balaban J connectivity index is 2.17. The van der Waals surface area contributed by atoms with Gasteiger partial charge >= 0.3 is 0 Å². The Kier molecular flexibility index (Phi) is 2.75. The first-order valence-electron chi connectivity index (χ1n) is 6.10. The van der Waals surface area contributed by atoms with Crippen molar-refractivity contribution in [1.82, 2.24) is 14.8 Å². The number of nitrogens with two attached hydrogens (primary N) is 1. The average Bonchev–Trinajstić information content (AvgIpc) is 3.17. The van der Waals surface area contributed by atoms with Gasteiger partial charge in [0.15, 0.2) is 5.82 Å². The van der Waals surface area contributed by atoms with Crippen LogP contribution < -0.4 is 5.73 Å². The Labute approximate surface area is 109 Å². The van der Waals surface area contributed by atoms with Crippen LogP contribution in [0.3, 0.4) is 0 Å². The zero-order valence-corrected chi connectivity index (χ0v) is 10.2. The summed E-state index contributed by atoms with van der Waals surface area (Å²) in [5.74, 6) is 1.21. The molecule has 19 heavy (non-hydrogen) atoms. The van der Waals surface area contributed by atoms with E-state index < -0.39 is 4.92 Å². The van der Waals surface area contributed by atoms with Gasteiger partial charge < -0.3 is 10.3 Å². The van der Waals surface area contributed by atoms with Crippen LogP contribution in [0.25, 0.3) is 11.4 Å². The van der Waals surface area contributed by atoms with Gasteiger partial charge in [-0.2, -0.15) is 0 Å². The molecule has 1 aromatic carbocycles. The molecule has 0 radical (unpaired) electrons. The zero-order chi connectivity index (χ0) is 13.4. The summed E-state index contributed by atoms with van der Waals surface area (Å²) in [6, 6.07) is 6.90. The van der Waals surface area contributed by atoms with Crippen molar-refractivity contribution in [2.24, 2.45) is 5.73 Å². The van der Waals surface area contributed by atoms with E-state index in [0.29, 0.717) is 23.3 Å². The fourth-order valence-corrected chi connectivity index (χ4v) is 2.18. The summed E-state index contributed by atoms with van der Waals surface area (Å²) in [6.07, 6.45) is 2.08. The van der Waals surface area contributed by atoms with Crippen LogP contribution >= 0.6 is 0 Å². The monoisotopic (exact) mass is 259 g/mol. The van der Waals surface area contributed by atoms with E-state index in [4.69, 9.17) is 5.73 Å². The first-order chi connectivity index (χ1) is 9.22. The average molecular weight is 259 g/mol. The number of nitro benzene ring substituents is 1. The maximum absolute atomic E-state index is 11.1. The molecule has 1 fully saturated rings. The second-order valence-corrected chi connectivity index (χ2v) is 4.52. The van der Waals surface area contributed by atoms with E-state index in [0.717, 1.165) is 12.8 Å². The first kappa shape index (κ1) is 11.8. The van der Waals surface area contributed by atoms with Crippen LogP contribution in [0.5, 0.6) is 0 Å². The van der Waals surface area contributed by atoms with Gasteiger partial charge in [0.25, 0.3) is 5.69 Å². The van der Waals surface area contributed by atoms with E-state index in [-0.39, 0.29) is 12.2 Å². The summed E-state index contributed by atoms with van der Waals surface area (Å²) < 4.78 is 1.93. The third-order valence-electron chi connectivity index (χ3n) is 3.20. The molecule has 0 saturated heterocycles. The highest BCUT2D eigenvalue weighted by atomic mass is 16.6. The minimum Gasteiger partial charge on any atom is -0.324 e. The normalized spacial score (nSPS) is 14.6. The van der Waals surface area contributed by atoms with Crippen LogP contribution in [0.4, 0.5) is 5.69 Å². The molecular weight excluding hydrogens is 246 g/mol. The van der Waals surface area contributed by atoms with Crippen molar-refractivity contribution in [3.8, 4) is 11.4 Å². The van der Waals surface area contributed by atoms with Gasteiger partial charge in [0.05, 0.1) is 17.0 Å². The fraction of sp³-hybridized carbons (Fsp3) is 0.333. The highest BCUT2D eigenvalue weighted by molar-refractivity contribution is 5.68. The van der Waals surface area contributed by atoms with E-state index >= 15 is 0 Å². The van der Waals surface area contributed by atoms with Gasteiger partial charge in [-0.1, -0.05) is 12.1 Å². The fourth-order valence-electron chi connectivity index (χ4n) is 2.18. The molecule has 0 aliphatic heterocycles. The van der Waals surface area contributed by atoms with Crippen molar-refractivity contribution in [2.45, 2.75) is 25.4 Å². The van der Waals surface area contributed by atoms with Gasteiger partial charge in [-0.05, 0) is 18.9 Å². The maximum Gasteiger partial charge on any atom is 0.280 e. The minimum atomic E-state index is -0.399. The molecule has 1 aliphatic carbocycles. The maximum atomic E-state index is 11.1. The Morgan fingerprint density at radius 2 is 2.11 bits per heavy atom. The van der Waals surface area contributed by atoms with Crippen molar-refractivity contribution in [2.75, 3.05) is 0 Å². The number of hydrogen-bond donors (Lipinski definition) is 1. The molecule has 2 aromatic rings. The lowest BCUT2D eigenvalue weighted by Gasteiger charge is -2.08. The van der Waals surface area contributed by atoms with Crippen LogP contribution in [0.2, 0.25) is 0 Å². The number of aromatic nitrogens is 3. The Morgan fingerprint density at radius 3 is 2.74 bits per heavy atom. The van der Waals surface area contributed by atoms with Gasteiger partial charge in [-0.3, -0.25) is 10.1 Å². The second kappa shape index (κ2) is 4.43. The smallest absolute Gasteiger partial charge is 0.280 e. The molecule has 0 spiro atoms. The van der Waals surface area contributed by atoms with Crippen LogP contribution in [0, 0.1) is 10.1 Å². The summed E-state index contributed by atoms with van der Waals surface area (Å²) in [5.41, 5.74) is 6.18. The number of nitro groups is 1. The van der Waals surface area contributed by atoms with E-state index in [1.165, 1.54) is 6.07 Å². The highest BCUT2D eigenvalue weighted by Gasteiger charge is 2.31. The van der Waals surface area contributed by atoms with Gasteiger partial charge in [-0.25, -0.2) is 0 Å². The summed E-state index contributed by atoms with van der Waals surface area (Å²) in [5, 5.41) is 19.2. The van der Waals surface area contributed by atoms with E-state index in [9.17, 15) is 10.1 Å². The first-order valence-corrected chi connectivity index (χ1v) is 6.10. The number of para-hydroxylation sites is 1. The lowest BCUT2D eigenvalue weighted by atomic mass is 10.1. The molecular formula is C12H13N5O2. The predicted octanol–water partition coefficient (Wildman–Crippen LogP) is 1.65. The molecule has 1 heterocycles. The third kappa shape index (κ3) is 1.97. The molecule has 0 atom stereocenters. The summed E-state index contributed by atoms with van der Waals surface area (Å²) in [7, 11) is 0. The Morgan fingerprint density at radius 1 is 1.37 bits per heavy atom. The van der Waals surface area contributed by atoms with Gasteiger partial charge in [0.2, 0.25) is 0 Å². The second-order valence-electron chi connectivity index (χ2n) is 4.52. The quantitative estimate of drug-likeness (QED) is 0.664. The Hall–Kier alpha value is -2.28. The van der Waals surface area contributed by atoms with Crippen LogP contribution in [0.15, 0.2) is 24.3 Å². The van der Waals surface area contributed by atoms with Crippen LogP contribution in [-0.2, 0) is 6.54 Å². The standard InChI is InChI=1S/C12H13N5O2/c13-7-11-14-15-12(16(11)8-5-6-8)9-3-1-2-4-10(9)17(18)19/h1-4,8H,5-7,13H2. The van der Waals surface area contributed by atoms with Gasteiger partial charge in [0, 0.05) is 12.1 Å². The third-order valence-corrected chi connectivity index (χ3v) is 3.20. The molecule has 1 aromatic heterocycles. The lowest BCUT2D eigenvalue weighted by molar-refractivity contribution is -0.384. The van der Waals surface area contributed by atoms with Crippen molar-refractivity contribution in [3.63, 3.8) is 0 Å². The van der Waals surface area contributed by atoms with Crippen molar-refractivity contribution < 1.29 is 4.92 Å². The highest BCUT2D eigenvalue weighted by Crippen LogP contribution is 2.40. The van der Waals surface area contributed by atoms with Crippen molar-refractivity contribution >= 4 is 5.69 Å². The van der Waals surface area contributed by atoms with Gasteiger partial charge in [0.1, 0.15) is 5.82 Å². The SMILES string of the molecule is NCc1nnc(-c2ccccc2[N+](=O)[O-])n1C1CC1. The topological polar surface area (TPSA) is 99.9 Å². The molecule has 1 saturated carbocycles. The molecule has 0 bridgehead atoms. The van der Waals surface area contributed by atoms with Crippen LogP contribution in [0.1, 0.15) is 24.7 Å². The molecule has 7 nitrogen and oxygen atoms in total. The van der Waals surface area contributed by atoms with E-state index in [1.54, 1.807) is 18.2 Å². The van der Waals surface area contributed by atoms with Crippen molar-refractivity contribution in [3.05, 3.63) is 40.2 Å². The molecule has 0 unspecified atom stereocenters. The largest absolute Gasteiger partial charge is 0.324 e. The van der Waals surface area contributed by atoms with E-state index in [2.05, 4.69) is 10.2 Å². The Bertz CT molecular complexity index is 633. The molecule has 1 aliphatic rings. The summed E-state index contributed by atoms with van der Waals surface area (Å²) in [6.45, 7) is 0.282. The summed E-state index contributed by atoms with van der Waals surface area (Å²) >= 11 is 0. The number of benzene rings is 1. The summed E-state index contributed by atoms with van der Waals surface area (Å²) in [4.78, 5) is 10.7. The lowest BCUT2D eigenvalue weighted by Crippen LogP contribution is -2.08. The number of hydrogen-bond acceptors (Lipinski definition) is 5. The molecule has 7 heteroatoms. The number of nitrogens with zero attached hydrogens (tertiary/aromatic N) is 4. The van der Waals surface area contributed by atoms with Crippen molar-refractivity contribution in [1.29, 1.82) is 0 Å². The molecule has 98 valence electrons. The molecule has 3 rings (SSSR count). The zero-order valence-electron chi connectivity index (χ0n) is 10.2. The number of rotatable bonds is 4. The minimum absolute atomic E-state index is 0.0420. The molecule has 0 amide bonds. The van der Waals surface area contributed by atoms with Gasteiger partial charge in [-0.15, -0.1) is 10.2 Å².